The van der Waals surface area contributed by atoms with Crippen molar-refractivity contribution in [3.05, 3.63) is 66.2 Å². The summed E-state index contributed by atoms with van der Waals surface area (Å²) in [6.45, 7) is 5.57. The number of alkyl halides is 3. The number of hydrogen-bond acceptors (Lipinski definition) is 6. The lowest BCUT2D eigenvalue weighted by Crippen LogP contribution is -2.40. The number of benzene rings is 1. The highest BCUT2D eigenvalue weighted by Gasteiger charge is 2.31. The first kappa shape index (κ1) is 25.4. The molecule has 3 aromatic heterocycles. The molecule has 0 saturated carbocycles. The number of pyridine rings is 1. The second-order valence-electron chi connectivity index (χ2n) is 9.14. The molecule has 3 amide bonds. The van der Waals surface area contributed by atoms with Crippen LogP contribution >= 0.6 is 0 Å². The van der Waals surface area contributed by atoms with Gasteiger partial charge < -0.3 is 16.4 Å². The highest BCUT2D eigenvalue weighted by atomic mass is 19.4. The monoisotopic (exact) mass is 512 g/mol. The summed E-state index contributed by atoms with van der Waals surface area (Å²) in [5.41, 5.74) is 6.90. The van der Waals surface area contributed by atoms with Crippen LogP contribution in [0, 0.1) is 0 Å². The zero-order valence-electron chi connectivity index (χ0n) is 20.0. The molecule has 5 N–H and O–H groups in total. The molecule has 0 saturated heterocycles. The van der Waals surface area contributed by atoms with E-state index < -0.39 is 23.3 Å². The van der Waals surface area contributed by atoms with Gasteiger partial charge in [0, 0.05) is 29.2 Å². The number of amides is 3. The molecule has 4 rings (SSSR count). The number of urea groups is 1. The van der Waals surface area contributed by atoms with Gasteiger partial charge in [-0.05, 0) is 50.6 Å². The van der Waals surface area contributed by atoms with E-state index in [1.807, 2.05) is 20.8 Å². The summed E-state index contributed by atoms with van der Waals surface area (Å²) in [7, 11) is 0. The molecule has 3 heterocycles. The van der Waals surface area contributed by atoms with E-state index in [0.717, 1.165) is 18.3 Å². The van der Waals surface area contributed by atoms with Crippen molar-refractivity contribution in [2.75, 3.05) is 16.4 Å². The number of hydrogen-bond donors (Lipinski definition) is 4. The van der Waals surface area contributed by atoms with Crippen LogP contribution in [0.25, 0.3) is 16.6 Å². The van der Waals surface area contributed by atoms with Crippen molar-refractivity contribution in [1.82, 2.24) is 24.9 Å². The molecule has 37 heavy (non-hydrogen) atoms. The highest BCUT2D eigenvalue weighted by molar-refractivity contribution is 6.07. The molecule has 0 fully saturated rings. The van der Waals surface area contributed by atoms with Gasteiger partial charge in [0.05, 0.1) is 11.1 Å². The maximum atomic E-state index is 13.1. The Balaban J connectivity index is 1.59. The molecular formula is C24H23F3N8O2. The van der Waals surface area contributed by atoms with Crippen molar-refractivity contribution in [3.63, 3.8) is 0 Å². The summed E-state index contributed by atoms with van der Waals surface area (Å²) >= 11 is 0. The van der Waals surface area contributed by atoms with E-state index in [2.05, 4.69) is 31.0 Å². The Morgan fingerprint density at radius 2 is 1.70 bits per heavy atom. The number of halogens is 3. The van der Waals surface area contributed by atoms with Crippen molar-refractivity contribution >= 4 is 34.8 Å². The first-order chi connectivity index (χ1) is 17.3. The standard InChI is InChI=1S/C24H23F3N8O2/c1-23(2,3)34-21(36)16-11-35-19(20(28)30-12-31-35)18(16)13-4-6-15(7-5-13)32-22(37)33-17-10-14(8-9-29-17)24(25,26)27/h4-12H,1-3H3,(H,34,36)(H2,28,30,31)(H2,29,32,33,37). The number of anilines is 3. The number of aromatic nitrogens is 4. The van der Waals surface area contributed by atoms with Crippen LogP contribution in [-0.4, -0.2) is 37.1 Å². The zero-order chi connectivity index (χ0) is 27.0. The summed E-state index contributed by atoms with van der Waals surface area (Å²) in [5.74, 6) is -0.410. The average Bonchev–Trinajstić information content (AvgIpc) is 3.19. The molecule has 0 spiro atoms. The minimum Gasteiger partial charge on any atom is -0.382 e. The third kappa shape index (κ3) is 5.77. The van der Waals surface area contributed by atoms with Gasteiger partial charge >= 0.3 is 12.2 Å². The summed E-state index contributed by atoms with van der Waals surface area (Å²) in [6, 6.07) is 7.23. The molecule has 192 valence electrons. The predicted octanol–water partition coefficient (Wildman–Crippen LogP) is 4.56. The van der Waals surface area contributed by atoms with Crippen LogP contribution in [0.5, 0.6) is 0 Å². The number of nitrogen functional groups attached to an aromatic ring is 1. The number of fused-ring (bicyclic) bond motifs is 1. The van der Waals surface area contributed by atoms with Crippen LogP contribution in [0.3, 0.4) is 0 Å². The molecule has 0 unspecified atom stereocenters. The van der Waals surface area contributed by atoms with Crippen molar-refractivity contribution in [3.8, 4) is 11.1 Å². The van der Waals surface area contributed by atoms with Gasteiger partial charge in [0.1, 0.15) is 17.7 Å². The molecule has 4 aromatic rings. The first-order valence-electron chi connectivity index (χ1n) is 11.0. The van der Waals surface area contributed by atoms with Crippen LogP contribution in [-0.2, 0) is 6.18 Å². The minimum atomic E-state index is -4.56. The molecule has 1 aromatic carbocycles. The number of carbonyl (C=O) groups is 2. The van der Waals surface area contributed by atoms with Gasteiger partial charge in [-0.3, -0.25) is 10.1 Å². The van der Waals surface area contributed by atoms with E-state index >= 15 is 0 Å². The third-order valence-corrected chi connectivity index (χ3v) is 5.10. The summed E-state index contributed by atoms with van der Waals surface area (Å²) in [6.07, 6.45) is -0.766. The molecule has 13 heteroatoms. The molecule has 0 atom stereocenters. The maximum absolute atomic E-state index is 13.1. The second kappa shape index (κ2) is 9.41. The third-order valence-electron chi connectivity index (χ3n) is 5.10. The second-order valence-corrected chi connectivity index (χ2v) is 9.14. The fraction of sp³-hybridized carbons (Fsp3) is 0.208. The fourth-order valence-electron chi connectivity index (χ4n) is 3.58. The highest BCUT2D eigenvalue weighted by Crippen LogP contribution is 2.33. The Morgan fingerprint density at radius 3 is 2.35 bits per heavy atom. The van der Waals surface area contributed by atoms with Gasteiger partial charge in [-0.25, -0.2) is 19.3 Å². The fourth-order valence-corrected chi connectivity index (χ4v) is 3.58. The Morgan fingerprint density at radius 1 is 1.00 bits per heavy atom. The van der Waals surface area contributed by atoms with Gasteiger partial charge in [-0.1, -0.05) is 12.1 Å². The zero-order valence-corrected chi connectivity index (χ0v) is 20.0. The van der Waals surface area contributed by atoms with Crippen molar-refractivity contribution in [1.29, 1.82) is 0 Å². The molecule has 0 aliphatic rings. The molecule has 0 radical (unpaired) electrons. The van der Waals surface area contributed by atoms with Crippen LogP contribution in [0.4, 0.5) is 35.3 Å². The molecule has 0 bridgehead atoms. The predicted molar refractivity (Wildman–Crippen MR) is 132 cm³/mol. The maximum Gasteiger partial charge on any atom is 0.416 e. The van der Waals surface area contributed by atoms with Gasteiger partial charge in [-0.2, -0.15) is 18.3 Å². The molecule has 0 aliphatic heterocycles. The quantitative estimate of drug-likeness (QED) is 0.316. The van der Waals surface area contributed by atoms with Crippen LogP contribution in [0.1, 0.15) is 36.7 Å². The van der Waals surface area contributed by atoms with Crippen LogP contribution in [0.15, 0.2) is 55.1 Å². The largest absolute Gasteiger partial charge is 0.416 e. The van der Waals surface area contributed by atoms with E-state index in [4.69, 9.17) is 5.73 Å². The van der Waals surface area contributed by atoms with Crippen molar-refractivity contribution < 1.29 is 22.8 Å². The number of nitrogens with two attached hydrogens (primary N) is 1. The normalized spacial score (nSPS) is 11.8. The number of rotatable bonds is 4. The summed E-state index contributed by atoms with van der Waals surface area (Å²) in [4.78, 5) is 33.1. The van der Waals surface area contributed by atoms with Crippen molar-refractivity contribution in [2.24, 2.45) is 0 Å². The summed E-state index contributed by atoms with van der Waals surface area (Å²) in [5, 5.41) is 11.9. The summed E-state index contributed by atoms with van der Waals surface area (Å²) < 4.78 is 40.1. The first-order valence-corrected chi connectivity index (χ1v) is 11.0. The van der Waals surface area contributed by atoms with Crippen LogP contribution in [0.2, 0.25) is 0 Å². The van der Waals surface area contributed by atoms with E-state index in [1.54, 1.807) is 30.5 Å². The number of nitrogens with zero attached hydrogens (tertiary/aromatic N) is 4. The topological polar surface area (TPSA) is 139 Å². The van der Waals surface area contributed by atoms with E-state index in [-0.39, 0.29) is 17.5 Å². The van der Waals surface area contributed by atoms with Gasteiger partial charge in [0.15, 0.2) is 5.82 Å². The SMILES string of the molecule is CC(C)(C)NC(=O)c1cn2ncnc(N)c2c1-c1ccc(NC(=O)Nc2cc(C(F)(F)F)ccn2)cc1. The van der Waals surface area contributed by atoms with Crippen molar-refractivity contribution in [2.45, 2.75) is 32.5 Å². The Kier molecular flexibility index (Phi) is 6.46. The van der Waals surface area contributed by atoms with E-state index in [1.165, 1.54) is 10.8 Å². The Hall–Kier alpha value is -4.68. The Labute approximate surface area is 209 Å². The van der Waals surface area contributed by atoms with Gasteiger partial charge in [0.2, 0.25) is 0 Å². The lowest BCUT2D eigenvalue weighted by Gasteiger charge is -2.20. The number of carbonyl (C=O) groups excluding carboxylic acids is 2. The molecule has 10 nitrogen and oxygen atoms in total. The van der Waals surface area contributed by atoms with E-state index in [9.17, 15) is 22.8 Å². The smallest absolute Gasteiger partial charge is 0.382 e. The van der Waals surface area contributed by atoms with E-state index in [0.29, 0.717) is 27.9 Å². The average molecular weight is 512 g/mol. The Bertz CT molecular complexity index is 1470. The van der Waals surface area contributed by atoms with Crippen LogP contribution < -0.4 is 21.7 Å². The molecule has 0 aliphatic carbocycles. The van der Waals surface area contributed by atoms with Gasteiger partial charge in [0.25, 0.3) is 5.91 Å². The lowest BCUT2D eigenvalue weighted by atomic mass is 10.0. The lowest BCUT2D eigenvalue weighted by molar-refractivity contribution is -0.137. The minimum absolute atomic E-state index is 0.176. The number of nitrogens with one attached hydrogen (secondary N) is 3. The van der Waals surface area contributed by atoms with Gasteiger partial charge in [-0.15, -0.1) is 0 Å². The molecular weight excluding hydrogens is 489 g/mol.